The molecule has 0 saturated heterocycles. The van der Waals surface area contributed by atoms with E-state index in [1.165, 1.54) is 41.3 Å². The lowest BCUT2D eigenvalue weighted by Gasteiger charge is -2.33. The zero-order valence-electron chi connectivity index (χ0n) is 11.7. The SMILES string of the molecule is CNC(c1cc(C)cc(Br)c1)C1CCCC(C)C1. The molecule has 1 saturated carbocycles. The number of rotatable bonds is 3. The third-order valence-corrected chi connectivity index (χ3v) is 4.64. The highest BCUT2D eigenvalue weighted by molar-refractivity contribution is 9.10. The van der Waals surface area contributed by atoms with Gasteiger partial charge in [-0.15, -0.1) is 0 Å². The maximum Gasteiger partial charge on any atom is 0.0346 e. The van der Waals surface area contributed by atoms with Crippen LogP contribution in [0.2, 0.25) is 0 Å². The predicted molar refractivity (Wildman–Crippen MR) is 81.8 cm³/mol. The van der Waals surface area contributed by atoms with E-state index in [9.17, 15) is 0 Å². The molecule has 1 nitrogen and oxygen atoms in total. The van der Waals surface area contributed by atoms with Crippen molar-refractivity contribution in [2.45, 2.75) is 45.6 Å². The fourth-order valence-corrected chi connectivity index (χ4v) is 4.03. The Morgan fingerprint density at radius 3 is 2.67 bits per heavy atom. The number of hydrogen-bond donors (Lipinski definition) is 1. The molecule has 18 heavy (non-hydrogen) atoms. The Hall–Kier alpha value is -0.340. The maximum absolute atomic E-state index is 3.62. The van der Waals surface area contributed by atoms with Gasteiger partial charge in [-0.1, -0.05) is 41.8 Å². The summed E-state index contributed by atoms with van der Waals surface area (Å²) in [4.78, 5) is 0. The molecule has 2 heteroatoms. The lowest BCUT2D eigenvalue weighted by atomic mass is 9.76. The van der Waals surface area contributed by atoms with Gasteiger partial charge in [0.25, 0.3) is 0 Å². The van der Waals surface area contributed by atoms with Crippen molar-refractivity contribution in [3.05, 3.63) is 33.8 Å². The highest BCUT2D eigenvalue weighted by Gasteiger charge is 2.26. The second-order valence-electron chi connectivity index (χ2n) is 5.86. The van der Waals surface area contributed by atoms with Crippen molar-refractivity contribution in [1.82, 2.24) is 5.32 Å². The van der Waals surface area contributed by atoms with E-state index < -0.39 is 0 Å². The van der Waals surface area contributed by atoms with Crippen LogP contribution in [0.1, 0.15) is 49.8 Å². The average molecular weight is 310 g/mol. The van der Waals surface area contributed by atoms with E-state index in [2.05, 4.69) is 60.3 Å². The molecule has 0 bridgehead atoms. The molecule has 1 fully saturated rings. The third-order valence-electron chi connectivity index (χ3n) is 4.18. The quantitative estimate of drug-likeness (QED) is 0.842. The van der Waals surface area contributed by atoms with Gasteiger partial charge < -0.3 is 5.32 Å². The van der Waals surface area contributed by atoms with Crippen LogP contribution in [0.5, 0.6) is 0 Å². The van der Waals surface area contributed by atoms with E-state index in [1.807, 2.05) is 0 Å². The molecule has 1 aromatic carbocycles. The summed E-state index contributed by atoms with van der Waals surface area (Å²) in [7, 11) is 2.10. The molecule has 100 valence electrons. The number of hydrogen-bond acceptors (Lipinski definition) is 1. The molecule has 0 radical (unpaired) electrons. The van der Waals surface area contributed by atoms with E-state index in [1.54, 1.807) is 0 Å². The summed E-state index contributed by atoms with van der Waals surface area (Å²) in [5.74, 6) is 1.67. The van der Waals surface area contributed by atoms with Gasteiger partial charge in [-0.05, 0) is 61.9 Å². The summed E-state index contributed by atoms with van der Waals surface area (Å²) in [5, 5.41) is 3.54. The summed E-state index contributed by atoms with van der Waals surface area (Å²) in [6.45, 7) is 4.56. The molecule has 0 aliphatic heterocycles. The molecule has 1 aliphatic carbocycles. The first kappa shape index (κ1) is 14.1. The van der Waals surface area contributed by atoms with Crippen molar-refractivity contribution < 1.29 is 0 Å². The third kappa shape index (κ3) is 3.36. The van der Waals surface area contributed by atoms with Gasteiger partial charge in [0, 0.05) is 10.5 Å². The monoisotopic (exact) mass is 309 g/mol. The van der Waals surface area contributed by atoms with Gasteiger partial charge in [0.2, 0.25) is 0 Å². The maximum atomic E-state index is 3.62. The molecule has 0 amide bonds. The minimum Gasteiger partial charge on any atom is -0.313 e. The van der Waals surface area contributed by atoms with Gasteiger partial charge in [-0.3, -0.25) is 0 Å². The highest BCUT2D eigenvalue weighted by atomic mass is 79.9. The van der Waals surface area contributed by atoms with Gasteiger partial charge >= 0.3 is 0 Å². The summed E-state index contributed by atoms with van der Waals surface area (Å²) in [6, 6.07) is 7.28. The first-order valence-corrected chi connectivity index (χ1v) is 7.84. The largest absolute Gasteiger partial charge is 0.313 e. The first-order valence-electron chi connectivity index (χ1n) is 7.04. The Balaban J connectivity index is 2.21. The second kappa shape index (κ2) is 6.21. The molecule has 0 spiro atoms. The van der Waals surface area contributed by atoms with Gasteiger partial charge in [0.15, 0.2) is 0 Å². The first-order chi connectivity index (χ1) is 8.60. The Morgan fingerprint density at radius 2 is 2.06 bits per heavy atom. The number of benzene rings is 1. The Bertz CT molecular complexity index is 382. The highest BCUT2D eigenvalue weighted by Crippen LogP contribution is 2.37. The fraction of sp³-hybridized carbons (Fsp3) is 0.625. The molecule has 1 aliphatic rings. The van der Waals surface area contributed by atoms with Gasteiger partial charge in [0.05, 0.1) is 0 Å². The minimum absolute atomic E-state index is 0.504. The van der Waals surface area contributed by atoms with E-state index in [4.69, 9.17) is 0 Å². The molecule has 1 N–H and O–H groups in total. The number of halogens is 1. The summed E-state index contributed by atoms with van der Waals surface area (Å²) in [6.07, 6.45) is 5.51. The Kier molecular flexibility index (Phi) is 4.85. The van der Waals surface area contributed by atoms with Crippen molar-refractivity contribution >= 4 is 15.9 Å². The molecule has 3 atom stereocenters. The smallest absolute Gasteiger partial charge is 0.0346 e. The van der Waals surface area contributed by atoms with Crippen LogP contribution in [0.4, 0.5) is 0 Å². The molecule has 1 aromatic rings. The van der Waals surface area contributed by atoms with Gasteiger partial charge in [0.1, 0.15) is 0 Å². The van der Waals surface area contributed by atoms with Gasteiger partial charge in [-0.25, -0.2) is 0 Å². The molecular weight excluding hydrogens is 286 g/mol. The second-order valence-corrected chi connectivity index (χ2v) is 6.78. The average Bonchev–Trinajstić information content (AvgIpc) is 2.28. The van der Waals surface area contributed by atoms with E-state index in [0.717, 1.165) is 11.8 Å². The van der Waals surface area contributed by atoms with Crippen molar-refractivity contribution in [1.29, 1.82) is 0 Å². The Morgan fingerprint density at radius 1 is 1.28 bits per heavy atom. The lowest BCUT2D eigenvalue weighted by Crippen LogP contribution is -2.29. The fourth-order valence-electron chi connectivity index (χ4n) is 3.40. The van der Waals surface area contributed by atoms with Crippen LogP contribution in [-0.4, -0.2) is 7.05 Å². The summed E-state index contributed by atoms with van der Waals surface area (Å²) in [5.41, 5.74) is 2.77. The number of nitrogens with one attached hydrogen (secondary N) is 1. The Labute approximate surface area is 119 Å². The van der Waals surface area contributed by atoms with E-state index >= 15 is 0 Å². The van der Waals surface area contributed by atoms with Crippen LogP contribution in [-0.2, 0) is 0 Å². The molecule has 0 heterocycles. The molecule has 0 aromatic heterocycles. The van der Waals surface area contributed by atoms with Crippen molar-refractivity contribution in [3.8, 4) is 0 Å². The van der Waals surface area contributed by atoms with Crippen LogP contribution in [0.25, 0.3) is 0 Å². The summed E-state index contributed by atoms with van der Waals surface area (Å²) >= 11 is 3.62. The van der Waals surface area contributed by atoms with E-state index in [-0.39, 0.29) is 0 Å². The predicted octanol–water partition coefficient (Wildman–Crippen LogP) is 4.84. The normalized spacial score (nSPS) is 26.0. The van der Waals surface area contributed by atoms with Crippen LogP contribution in [0.3, 0.4) is 0 Å². The van der Waals surface area contributed by atoms with Crippen molar-refractivity contribution in [2.75, 3.05) is 7.05 Å². The van der Waals surface area contributed by atoms with Gasteiger partial charge in [-0.2, -0.15) is 0 Å². The van der Waals surface area contributed by atoms with Crippen LogP contribution in [0.15, 0.2) is 22.7 Å². The standard InChI is InChI=1S/C16H24BrN/c1-11-5-4-6-13(7-11)16(18-3)14-8-12(2)9-15(17)10-14/h8-11,13,16,18H,4-7H2,1-3H3. The minimum atomic E-state index is 0.504. The summed E-state index contributed by atoms with van der Waals surface area (Å²) < 4.78 is 1.20. The molecular formula is C16H24BrN. The van der Waals surface area contributed by atoms with Crippen LogP contribution < -0.4 is 5.32 Å². The zero-order valence-corrected chi connectivity index (χ0v) is 13.3. The molecule has 2 rings (SSSR count). The topological polar surface area (TPSA) is 12.0 Å². The lowest BCUT2D eigenvalue weighted by molar-refractivity contribution is 0.230. The van der Waals surface area contributed by atoms with Crippen LogP contribution >= 0.6 is 15.9 Å². The molecule has 3 unspecified atom stereocenters. The van der Waals surface area contributed by atoms with Crippen molar-refractivity contribution in [2.24, 2.45) is 11.8 Å². The zero-order chi connectivity index (χ0) is 13.1. The number of aryl methyl sites for hydroxylation is 1. The van der Waals surface area contributed by atoms with E-state index in [0.29, 0.717) is 6.04 Å². The van der Waals surface area contributed by atoms with Crippen LogP contribution in [0, 0.1) is 18.8 Å². The van der Waals surface area contributed by atoms with Crippen molar-refractivity contribution in [3.63, 3.8) is 0 Å².